The zero-order chi connectivity index (χ0) is 19.7. The highest BCUT2D eigenvalue weighted by atomic mass is 16.6. The summed E-state index contributed by atoms with van der Waals surface area (Å²) in [7, 11) is 0. The molecule has 2 aromatic carbocycles. The number of rotatable bonds is 4. The van der Waals surface area contributed by atoms with Gasteiger partial charge in [-0.15, -0.1) is 0 Å². The summed E-state index contributed by atoms with van der Waals surface area (Å²) >= 11 is 0. The molecule has 28 heavy (non-hydrogen) atoms. The smallest absolute Gasteiger partial charge is 0.287 e. The van der Waals surface area contributed by atoms with Gasteiger partial charge in [-0.1, -0.05) is 32.0 Å². The fraction of sp³-hybridized carbons (Fsp3) is 0.273. The SMILES string of the molecule is CC(C)C(NC(=O)c1cc(=O)c2ccccc2o1)c1ccc2c(c1)OCCO2. The third-order valence-electron chi connectivity index (χ3n) is 4.74. The van der Waals surface area contributed by atoms with Gasteiger partial charge in [0.05, 0.1) is 11.4 Å². The number of fused-ring (bicyclic) bond motifs is 2. The fourth-order valence-corrected chi connectivity index (χ4v) is 3.32. The molecule has 2 heterocycles. The minimum absolute atomic E-state index is 0.00751. The van der Waals surface area contributed by atoms with Gasteiger partial charge in [-0.3, -0.25) is 9.59 Å². The lowest BCUT2D eigenvalue weighted by Gasteiger charge is -2.25. The average Bonchev–Trinajstić information content (AvgIpc) is 2.71. The first kappa shape index (κ1) is 18.1. The Balaban J connectivity index is 1.63. The fourth-order valence-electron chi connectivity index (χ4n) is 3.32. The molecule has 1 unspecified atom stereocenters. The highest BCUT2D eigenvalue weighted by Gasteiger charge is 2.23. The van der Waals surface area contributed by atoms with Gasteiger partial charge in [0.2, 0.25) is 0 Å². The van der Waals surface area contributed by atoms with Crippen LogP contribution in [0.4, 0.5) is 0 Å². The van der Waals surface area contributed by atoms with Crippen molar-refractivity contribution in [3.63, 3.8) is 0 Å². The van der Waals surface area contributed by atoms with Crippen LogP contribution in [0.3, 0.4) is 0 Å². The van der Waals surface area contributed by atoms with E-state index in [1.807, 2.05) is 32.0 Å². The van der Waals surface area contributed by atoms with Crippen LogP contribution in [0.5, 0.6) is 11.5 Å². The van der Waals surface area contributed by atoms with E-state index in [2.05, 4.69) is 5.32 Å². The van der Waals surface area contributed by atoms with Gasteiger partial charge in [0.1, 0.15) is 18.8 Å². The maximum absolute atomic E-state index is 12.8. The molecular formula is C22H21NO5. The number of ether oxygens (including phenoxy) is 2. The first-order chi connectivity index (χ1) is 13.5. The van der Waals surface area contributed by atoms with E-state index < -0.39 is 5.91 Å². The summed E-state index contributed by atoms with van der Waals surface area (Å²) in [6.07, 6.45) is 0. The van der Waals surface area contributed by atoms with E-state index in [9.17, 15) is 9.59 Å². The molecule has 0 spiro atoms. The van der Waals surface area contributed by atoms with E-state index in [0.29, 0.717) is 35.7 Å². The van der Waals surface area contributed by atoms with E-state index in [4.69, 9.17) is 13.9 Å². The number of hydrogen-bond acceptors (Lipinski definition) is 5. The van der Waals surface area contributed by atoms with Crippen molar-refractivity contribution in [2.75, 3.05) is 13.2 Å². The number of amides is 1. The maximum atomic E-state index is 12.8. The minimum atomic E-state index is -0.434. The van der Waals surface area contributed by atoms with Crippen LogP contribution in [0, 0.1) is 5.92 Å². The predicted molar refractivity (Wildman–Crippen MR) is 105 cm³/mol. The zero-order valence-electron chi connectivity index (χ0n) is 15.7. The van der Waals surface area contributed by atoms with Gasteiger partial charge in [0.25, 0.3) is 5.91 Å². The molecule has 0 saturated carbocycles. The molecule has 6 heteroatoms. The summed E-state index contributed by atoms with van der Waals surface area (Å²) in [6.45, 7) is 5.05. The van der Waals surface area contributed by atoms with Crippen molar-refractivity contribution in [3.05, 3.63) is 70.1 Å². The third kappa shape index (κ3) is 3.45. The highest BCUT2D eigenvalue weighted by molar-refractivity contribution is 5.93. The Labute approximate surface area is 162 Å². The van der Waals surface area contributed by atoms with E-state index in [1.165, 1.54) is 6.07 Å². The highest BCUT2D eigenvalue weighted by Crippen LogP contribution is 2.34. The van der Waals surface area contributed by atoms with Gasteiger partial charge in [-0.05, 0) is 35.7 Å². The van der Waals surface area contributed by atoms with Gasteiger partial charge in [0.15, 0.2) is 22.7 Å². The molecule has 1 aliphatic heterocycles. The molecule has 4 rings (SSSR count). The van der Waals surface area contributed by atoms with Crippen LogP contribution in [-0.4, -0.2) is 19.1 Å². The second kappa shape index (κ2) is 7.38. The molecule has 1 atom stereocenters. The Morgan fingerprint density at radius 1 is 1.00 bits per heavy atom. The Morgan fingerprint density at radius 2 is 1.75 bits per heavy atom. The summed E-state index contributed by atoms with van der Waals surface area (Å²) in [5.74, 6) is 1.03. The third-order valence-corrected chi connectivity index (χ3v) is 4.74. The van der Waals surface area contributed by atoms with Crippen LogP contribution in [0.1, 0.15) is 36.0 Å². The van der Waals surface area contributed by atoms with Crippen molar-refractivity contribution in [1.82, 2.24) is 5.32 Å². The maximum Gasteiger partial charge on any atom is 0.287 e. The molecule has 0 saturated heterocycles. The molecule has 0 fully saturated rings. The van der Waals surface area contributed by atoms with Crippen molar-refractivity contribution in [2.24, 2.45) is 5.92 Å². The van der Waals surface area contributed by atoms with Crippen LogP contribution in [0.25, 0.3) is 11.0 Å². The molecule has 3 aromatic rings. The first-order valence-corrected chi connectivity index (χ1v) is 9.26. The number of benzene rings is 2. The van der Waals surface area contributed by atoms with Crippen molar-refractivity contribution in [2.45, 2.75) is 19.9 Å². The van der Waals surface area contributed by atoms with E-state index in [1.54, 1.807) is 24.3 Å². The molecule has 0 bridgehead atoms. The minimum Gasteiger partial charge on any atom is -0.486 e. The number of hydrogen-bond donors (Lipinski definition) is 1. The van der Waals surface area contributed by atoms with Crippen LogP contribution in [-0.2, 0) is 0 Å². The van der Waals surface area contributed by atoms with Crippen LogP contribution < -0.4 is 20.2 Å². The van der Waals surface area contributed by atoms with Gasteiger partial charge < -0.3 is 19.2 Å². The average molecular weight is 379 g/mol. The van der Waals surface area contributed by atoms with Crippen LogP contribution in [0.2, 0.25) is 0 Å². The first-order valence-electron chi connectivity index (χ1n) is 9.26. The number of carbonyl (C=O) groups excluding carboxylic acids is 1. The summed E-state index contributed by atoms with van der Waals surface area (Å²) in [4.78, 5) is 25.1. The summed E-state index contributed by atoms with van der Waals surface area (Å²) in [5.41, 5.74) is 1.05. The lowest BCUT2D eigenvalue weighted by molar-refractivity contribution is 0.0897. The molecule has 1 aliphatic rings. The largest absolute Gasteiger partial charge is 0.486 e. The Kier molecular flexibility index (Phi) is 4.77. The van der Waals surface area contributed by atoms with Crippen molar-refractivity contribution in [1.29, 1.82) is 0 Å². The Morgan fingerprint density at radius 3 is 2.54 bits per heavy atom. The second-order valence-electron chi connectivity index (χ2n) is 7.07. The number of para-hydroxylation sites is 1. The van der Waals surface area contributed by atoms with Crippen LogP contribution >= 0.6 is 0 Å². The normalized spacial score (nSPS) is 14.1. The lowest BCUT2D eigenvalue weighted by Crippen LogP contribution is -2.32. The Bertz CT molecular complexity index is 1090. The predicted octanol–water partition coefficient (Wildman–Crippen LogP) is 3.69. The zero-order valence-corrected chi connectivity index (χ0v) is 15.7. The summed E-state index contributed by atoms with van der Waals surface area (Å²) in [6, 6.07) is 13.5. The quantitative estimate of drug-likeness (QED) is 0.748. The molecule has 0 radical (unpaired) electrons. The summed E-state index contributed by atoms with van der Waals surface area (Å²) < 4.78 is 16.9. The van der Waals surface area contributed by atoms with Crippen molar-refractivity contribution >= 4 is 16.9 Å². The molecular weight excluding hydrogens is 358 g/mol. The van der Waals surface area contributed by atoms with Gasteiger partial charge in [-0.25, -0.2) is 0 Å². The summed E-state index contributed by atoms with van der Waals surface area (Å²) in [5, 5.41) is 3.43. The molecule has 1 aromatic heterocycles. The van der Waals surface area contributed by atoms with Gasteiger partial charge >= 0.3 is 0 Å². The number of carbonyl (C=O) groups is 1. The van der Waals surface area contributed by atoms with Crippen molar-refractivity contribution < 1.29 is 18.7 Å². The topological polar surface area (TPSA) is 77.8 Å². The van der Waals surface area contributed by atoms with Gasteiger partial charge in [0, 0.05) is 6.07 Å². The monoisotopic (exact) mass is 379 g/mol. The lowest BCUT2D eigenvalue weighted by atomic mass is 9.95. The van der Waals surface area contributed by atoms with E-state index >= 15 is 0 Å². The molecule has 0 aliphatic carbocycles. The van der Waals surface area contributed by atoms with E-state index in [-0.39, 0.29) is 23.1 Å². The molecule has 1 amide bonds. The molecule has 6 nitrogen and oxygen atoms in total. The number of nitrogens with one attached hydrogen (secondary N) is 1. The van der Waals surface area contributed by atoms with E-state index in [0.717, 1.165) is 5.56 Å². The molecule has 1 N–H and O–H groups in total. The van der Waals surface area contributed by atoms with Crippen molar-refractivity contribution in [3.8, 4) is 11.5 Å². The molecule has 144 valence electrons. The van der Waals surface area contributed by atoms with Gasteiger partial charge in [-0.2, -0.15) is 0 Å². The second-order valence-corrected chi connectivity index (χ2v) is 7.07. The Hall–Kier alpha value is -3.28. The standard InChI is InChI=1S/C22H21NO5/c1-13(2)21(14-7-8-18-19(11-14)27-10-9-26-18)23-22(25)20-12-16(24)15-5-3-4-6-17(15)28-20/h3-8,11-13,21H,9-10H2,1-2H3,(H,23,25). The van der Waals surface area contributed by atoms with Crippen LogP contribution in [0.15, 0.2) is 57.7 Å².